The van der Waals surface area contributed by atoms with Gasteiger partial charge in [0.25, 0.3) is 17.2 Å². The van der Waals surface area contributed by atoms with Gasteiger partial charge >= 0.3 is 0 Å². The summed E-state index contributed by atoms with van der Waals surface area (Å²) < 4.78 is 13.0. The smallest absolute Gasteiger partial charge is 0.269 e. The highest BCUT2D eigenvalue weighted by Crippen LogP contribution is 2.37. The lowest BCUT2D eigenvalue weighted by molar-refractivity contribution is -0.384. The number of rotatable bonds is 10. The fourth-order valence-electron chi connectivity index (χ4n) is 5.05. The van der Waals surface area contributed by atoms with Crippen molar-refractivity contribution in [3.63, 3.8) is 0 Å². The van der Waals surface area contributed by atoms with Gasteiger partial charge in [-0.3, -0.25) is 24.3 Å². The number of aromatic nitrogens is 2. The maximum absolute atomic E-state index is 14.2. The Bertz CT molecular complexity index is 1890. The third-order valence-corrected chi connectivity index (χ3v) is 8.20. The van der Waals surface area contributed by atoms with Gasteiger partial charge in [-0.05, 0) is 59.1 Å². The van der Waals surface area contributed by atoms with E-state index in [1.54, 1.807) is 41.3 Å². The lowest BCUT2D eigenvalue weighted by Gasteiger charge is -2.31. The van der Waals surface area contributed by atoms with Gasteiger partial charge in [-0.1, -0.05) is 42.5 Å². The van der Waals surface area contributed by atoms with Crippen molar-refractivity contribution in [2.75, 3.05) is 20.8 Å². The molecule has 0 aliphatic heterocycles. The van der Waals surface area contributed by atoms with Gasteiger partial charge in [-0.25, -0.2) is 4.98 Å². The number of carbonyl (C=O) groups excluding carboxylic acids is 1. The van der Waals surface area contributed by atoms with E-state index in [1.807, 2.05) is 37.3 Å². The number of ether oxygens (including phenoxy) is 2. The van der Waals surface area contributed by atoms with Crippen LogP contribution in [0.2, 0.25) is 0 Å². The molecule has 224 valence electrons. The SMILES string of the molecule is COc1cc(OC)c(Br)c(-n2c(C(C)N(CCc3ccccc3)C(=O)c3ccc([N+](=O)[O-])cc3)nc3ccccc3c2=O)c1. The van der Waals surface area contributed by atoms with Crippen molar-refractivity contribution < 1.29 is 19.2 Å². The van der Waals surface area contributed by atoms with Crippen molar-refractivity contribution in [1.29, 1.82) is 0 Å². The van der Waals surface area contributed by atoms with Crippen molar-refractivity contribution in [3.05, 3.63) is 133 Å². The number of amides is 1. The third kappa shape index (κ3) is 6.04. The molecule has 44 heavy (non-hydrogen) atoms. The van der Waals surface area contributed by atoms with Gasteiger partial charge in [0.2, 0.25) is 0 Å². The van der Waals surface area contributed by atoms with E-state index in [-0.39, 0.29) is 29.3 Å². The molecule has 10 nitrogen and oxygen atoms in total. The average Bonchev–Trinajstić information content (AvgIpc) is 3.05. The van der Waals surface area contributed by atoms with Crippen LogP contribution in [0.4, 0.5) is 5.69 Å². The zero-order valence-electron chi connectivity index (χ0n) is 24.3. The zero-order chi connectivity index (χ0) is 31.4. The number of halogens is 1. The molecule has 4 aromatic carbocycles. The van der Waals surface area contributed by atoms with Crippen LogP contribution >= 0.6 is 15.9 Å². The number of non-ortho nitro benzene ring substituents is 1. The van der Waals surface area contributed by atoms with Crippen molar-refractivity contribution in [2.24, 2.45) is 0 Å². The predicted octanol–water partition coefficient (Wildman–Crippen LogP) is 6.52. The maximum Gasteiger partial charge on any atom is 0.269 e. The predicted molar refractivity (Wildman–Crippen MR) is 171 cm³/mol. The molecule has 0 fully saturated rings. The second kappa shape index (κ2) is 13.1. The largest absolute Gasteiger partial charge is 0.497 e. The molecule has 0 radical (unpaired) electrons. The Hall–Kier alpha value is -5.03. The Balaban J connectivity index is 1.70. The molecule has 11 heteroatoms. The topological polar surface area (TPSA) is 117 Å². The first-order chi connectivity index (χ1) is 21.2. The molecule has 1 amide bonds. The molecule has 1 aromatic heterocycles. The number of hydrogen-bond acceptors (Lipinski definition) is 7. The summed E-state index contributed by atoms with van der Waals surface area (Å²) in [6.07, 6.45) is 0.526. The van der Waals surface area contributed by atoms with Gasteiger partial charge in [-0.2, -0.15) is 0 Å². The van der Waals surface area contributed by atoms with E-state index in [9.17, 15) is 19.7 Å². The highest BCUT2D eigenvalue weighted by atomic mass is 79.9. The molecular formula is C33H29BrN4O6. The Labute approximate surface area is 261 Å². The summed E-state index contributed by atoms with van der Waals surface area (Å²) in [6, 6.07) is 24.9. The van der Waals surface area contributed by atoms with Crippen LogP contribution in [0, 0.1) is 10.1 Å². The van der Waals surface area contributed by atoms with E-state index >= 15 is 0 Å². The molecule has 0 saturated heterocycles. The van der Waals surface area contributed by atoms with Crippen molar-refractivity contribution in [3.8, 4) is 17.2 Å². The van der Waals surface area contributed by atoms with E-state index in [2.05, 4.69) is 15.9 Å². The van der Waals surface area contributed by atoms with Crippen LogP contribution < -0.4 is 15.0 Å². The molecule has 0 spiro atoms. The molecule has 0 bridgehead atoms. The molecule has 1 atom stereocenters. The number of nitro groups is 1. The molecule has 1 unspecified atom stereocenters. The standard InChI is InChI=1S/C33H29BrN4O6/c1-21(36(18-17-22-9-5-4-6-10-22)32(39)23-13-15-24(16-14-23)38(41)42)31-35-27-12-8-7-11-26(27)33(40)37(31)28-19-25(43-2)20-29(44-3)30(28)34/h4-16,19-21H,17-18H2,1-3H3. The third-order valence-electron chi connectivity index (χ3n) is 7.40. The summed E-state index contributed by atoms with van der Waals surface area (Å²) in [5.74, 6) is 0.857. The number of nitro benzene ring substituents is 1. The number of fused-ring (bicyclic) bond motifs is 1. The van der Waals surface area contributed by atoms with Crippen LogP contribution in [0.5, 0.6) is 11.5 Å². The van der Waals surface area contributed by atoms with Crippen LogP contribution in [0.3, 0.4) is 0 Å². The number of hydrogen-bond donors (Lipinski definition) is 0. The minimum atomic E-state index is -0.720. The average molecular weight is 658 g/mol. The molecule has 0 saturated carbocycles. The molecule has 0 N–H and O–H groups in total. The first-order valence-electron chi connectivity index (χ1n) is 13.8. The Kier molecular flexibility index (Phi) is 9.05. The molecule has 5 rings (SSSR count). The van der Waals surface area contributed by atoms with Gasteiger partial charge in [0.15, 0.2) is 0 Å². The fraction of sp³-hybridized carbons (Fsp3) is 0.182. The van der Waals surface area contributed by atoms with E-state index in [0.717, 1.165) is 5.56 Å². The monoisotopic (exact) mass is 656 g/mol. The lowest BCUT2D eigenvalue weighted by Crippen LogP contribution is -2.38. The first-order valence-corrected chi connectivity index (χ1v) is 14.6. The maximum atomic E-state index is 14.2. The molecule has 1 heterocycles. The molecule has 0 aliphatic rings. The molecule has 5 aromatic rings. The van der Waals surface area contributed by atoms with Gasteiger partial charge in [0.1, 0.15) is 17.3 Å². The highest BCUT2D eigenvalue weighted by molar-refractivity contribution is 9.10. The minimum absolute atomic E-state index is 0.118. The Morgan fingerprint density at radius 1 is 1.00 bits per heavy atom. The van der Waals surface area contributed by atoms with Crippen molar-refractivity contribution in [1.82, 2.24) is 14.5 Å². The van der Waals surface area contributed by atoms with Crippen LogP contribution in [-0.2, 0) is 6.42 Å². The number of para-hydroxylation sites is 1. The Morgan fingerprint density at radius 3 is 2.34 bits per heavy atom. The molecule has 0 aliphatic carbocycles. The second-order valence-electron chi connectivity index (χ2n) is 10.0. The van der Waals surface area contributed by atoms with Crippen molar-refractivity contribution in [2.45, 2.75) is 19.4 Å². The van der Waals surface area contributed by atoms with Crippen LogP contribution in [0.1, 0.15) is 34.7 Å². The van der Waals surface area contributed by atoms with Gasteiger partial charge < -0.3 is 14.4 Å². The second-order valence-corrected chi connectivity index (χ2v) is 10.8. The van der Waals surface area contributed by atoms with Crippen molar-refractivity contribution >= 4 is 38.4 Å². The van der Waals surface area contributed by atoms with E-state index in [4.69, 9.17) is 14.5 Å². The van der Waals surface area contributed by atoms with E-state index in [0.29, 0.717) is 44.8 Å². The number of carbonyl (C=O) groups is 1. The van der Waals surface area contributed by atoms with Gasteiger partial charge in [-0.15, -0.1) is 0 Å². The molecular weight excluding hydrogens is 628 g/mol. The Morgan fingerprint density at radius 2 is 1.68 bits per heavy atom. The lowest BCUT2D eigenvalue weighted by atomic mass is 10.1. The zero-order valence-corrected chi connectivity index (χ0v) is 25.9. The van der Waals surface area contributed by atoms with Crippen LogP contribution in [-0.4, -0.2) is 46.0 Å². The fourth-order valence-corrected chi connectivity index (χ4v) is 5.61. The quantitative estimate of drug-likeness (QED) is 0.124. The van der Waals surface area contributed by atoms with Crippen LogP contribution in [0.25, 0.3) is 16.6 Å². The summed E-state index contributed by atoms with van der Waals surface area (Å²) in [5.41, 5.74) is 1.75. The summed E-state index contributed by atoms with van der Waals surface area (Å²) in [6.45, 7) is 2.10. The van der Waals surface area contributed by atoms with Gasteiger partial charge in [0, 0.05) is 36.4 Å². The van der Waals surface area contributed by atoms with Gasteiger partial charge in [0.05, 0.1) is 46.2 Å². The summed E-state index contributed by atoms with van der Waals surface area (Å²) >= 11 is 3.60. The summed E-state index contributed by atoms with van der Waals surface area (Å²) in [4.78, 5) is 45.6. The summed E-state index contributed by atoms with van der Waals surface area (Å²) in [7, 11) is 3.04. The number of benzene rings is 4. The number of methoxy groups -OCH3 is 2. The number of nitrogens with zero attached hydrogens (tertiary/aromatic N) is 4. The minimum Gasteiger partial charge on any atom is -0.497 e. The normalized spacial score (nSPS) is 11.6. The van der Waals surface area contributed by atoms with E-state index < -0.39 is 11.0 Å². The first kappa shape index (κ1) is 30.4. The summed E-state index contributed by atoms with van der Waals surface area (Å²) in [5, 5.41) is 11.6. The highest BCUT2D eigenvalue weighted by Gasteiger charge is 2.29. The van der Waals surface area contributed by atoms with Crippen LogP contribution in [0.15, 0.2) is 100 Å². The van der Waals surface area contributed by atoms with E-state index in [1.165, 1.54) is 43.1 Å².